The predicted octanol–water partition coefficient (Wildman–Crippen LogP) is 7.66. The highest BCUT2D eigenvalue weighted by molar-refractivity contribution is 6.84. The molecule has 3 aliphatic rings. The lowest BCUT2D eigenvalue weighted by atomic mass is 9.55. The number of carbonyl (C=O) groups is 2. The van der Waals surface area contributed by atoms with E-state index in [2.05, 4.69) is 6.07 Å². The largest absolute Gasteiger partial charge is 0.459 e. The zero-order chi connectivity index (χ0) is 42.6. The number of carbonyl (C=O) groups excluding carboxylic acids is 2. The lowest BCUT2D eigenvalue weighted by Gasteiger charge is -2.68. The molecule has 15 heteroatoms. The molecule has 2 aliphatic heterocycles. The Balaban J connectivity index is 1.85. The minimum atomic E-state index is -3.53. The van der Waals surface area contributed by atoms with E-state index in [1.807, 2.05) is 120 Å². The van der Waals surface area contributed by atoms with Crippen LogP contribution in [0, 0.1) is 11.3 Å². The summed E-state index contributed by atoms with van der Waals surface area (Å²) in [7, 11) is -10.1. The quantitative estimate of drug-likeness (QED) is 0.0936. The van der Waals surface area contributed by atoms with E-state index in [0.717, 1.165) is 10.6 Å². The number of nitriles is 1. The maximum Gasteiger partial charge on any atom is 0.338 e. The minimum absolute atomic E-state index is 0.0646. The highest BCUT2D eigenvalue weighted by Gasteiger charge is 2.84. The van der Waals surface area contributed by atoms with Gasteiger partial charge in [-0.05, 0) is 58.0 Å². The van der Waals surface area contributed by atoms with E-state index in [1.165, 1.54) is 0 Å². The van der Waals surface area contributed by atoms with Crippen LogP contribution in [0.3, 0.4) is 0 Å². The van der Waals surface area contributed by atoms with Gasteiger partial charge in [-0.15, -0.1) is 0 Å². The number of hydrogen-bond donors (Lipinski definition) is 2. The molecule has 2 heterocycles. The number of β-lactam (4-membered cyclic amide) rings is 1. The molecule has 0 aromatic heterocycles. The van der Waals surface area contributed by atoms with Gasteiger partial charge in [0.1, 0.15) is 37.6 Å². The lowest BCUT2D eigenvalue weighted by molar-refractivity contribution is -0.367. The van der Waals surface area contributed by atoms with Crippen LogP contribution in [0.1, 0.15) is 98.5 Å². The third kappa shape index (κ3) is 7.42. The first kappa shape index (κ1) is 45.3. The van der Waals surface area contributed by atoms with E-state index < -0.39 is 84.0 Å². The van der Waals surface area contributed by atoms with E-state index in [9.17, 15) is 25.1 Å². The maximum absolute atomic E-state index is 14.1. The molecule has 314 valence electrons. The molecule has 2 aromatic rings. The fourth-order valence-corrected chi connectivity index (χ4v) is 21.2. The van der Waals surface area contributed by atoms with Crippen LogP contribution in [0.25, 0.3) is 0 Å². The van der Waals surface area contributed by atoms with Gasteiger partial charge in [0.2, 0.25) is 11.5 Å². The number of amides is 1. The van der Waals surface area contributed by atoms with Gasteiger partial charge in [0.15, 0.2) is 19.5 Å². The molecule has 0 radical (unpaired) electrons. The van der Waals surface area contributed by atoms with Gasteiger partial charge in [-0.3, -0.25) is 9.63 Å². The second-order valence-electron chi connectivity index (χ2n) is 18.9. The number of esters is 1. The number of ether oxygens (including phenoxy) is 1. The molecule has 2 N–H and O–H groups in total. The Morgan fingerprint density at radius 2 is 1.39 bits per heavy atom. The smallest absolute Gasteiger partial charge is 0.338 e. The molecule has 1 amide bonds. The van der Waals surface area contributed by atoms with Gasteiger partial charge < -0.3 is 32.3 Å². The molecule has 0 bridgehead atoms. The van der Waals surface area contributed by atoms with Crippen molar-refractivity contribution < 1.29 is 46.8 Å². The summed E-state index contributed by atoms with van der Waals surface area (Å²) in [5.74, 6) is -1.22. The zero-order valence-electron chi connectivity index (χ0n) is 36.0. The Labute approximate surface area is 342 Å². The third-order valence-corrected chi connectivity index (χ3v) is 27.6. The molecule has 12 nitrogen and oxygen atoms in total. The highest BCUT2D eigenvalue weighted by atomic mass is 28.5. The summed E-state index contributed by atoms with van der Waals surface area (Å²) >= 11 is 0. The Hall–Kier alpha value is -2.76. The van der Waals surface area contributed by atoms with Gasteiger partial charge in [-0.1, -0.05) is 125 Å². The molecule has 5 rings (SSSR count). The topological polar surface area (TPSA) is 157 Å². The maximum atomic E-state index is 14.1. The van der Waals surface area contributed by atoms with Crippen molar-refractivity contribution in [3.8, 4) is 6.07 Å². The van der Waals surface area contributed by atoms with Crippen molar-refractivity contribution in [1.29, 1.82) is 5.26 Å². The van der Waals surface area contributed by atoms with Crippen LogP contribution in [0.5, 0.6) is 0 Å². The molecule has 6 unspecified atom stereocenters. The van der Waals surface area contributed by atoms with E-state index in [0.29, 0.717) is 0 Å². The van der Waals surface area contributed by atoms with Crippen molar-refractivity contribution in [2.45, 2.75) is 165 Å². The molecule has 57 heavy (non-hydrogen) atoms. The molecule has 1 aliphatic carbocycles. The minimum Gasteiger partial charge on any atom is -0.459 e. The molecule has 2 aromatic carbocycles. The number of hydroxylamine groups is 2. The number of aliphatic hydroxyl groups is 2. The first-order valence-corrected chi connectivity index (χ1v) is 27.1. The summed E-state index contributed by atoms with van der Waals surface area (Å²) in [6, 6.07) is 19.8. The molecule has 2 saturated heterocycles. The Kier molecular flexibility index (Phi) is 12.7. The van der Waals surface area contributed by atoms with Crippen molar-refractivity contribution >= 4 is 37.3 Å². The molecule has 1 spiro atoms. The first-order valence-electron chi connectivity index (χ1n) is 20.2. The summed E-state index contributed by atoms with van der Waals surface area (Å²) in [6.07, 6.45) is -5.02. The van der Waals surface area contributed by atoms with Gasteiger partial charge in [-0.25, -0.2) is 9.86 Å². The Morgan fingerprint density at radius 1 is 0.895 bits per heavy atom. The van der Waals surface area contributed by atoms with Crippen molar-refractivity contribution in [3.05, 3.63) is 71.8 Å². The summed E-state index contributed by atoms with van der Waals surface area (Å²) in [5.41, 5.74) is -6.83. The standard InChI is InChI=1S/C42H64N2O10Si3/c1-28(2)56(29(3)4)51-35-36(52-57(54-56,30(5)6)31(7)8)41(24-34(45)44(41)50-25-32-20-16-14-17-21-32)42(48,26-43)38(53-55(12,13)39(9,10)11)40(35,47)27-49-37(46)33-22-18-15-19-23-33/h14-23,28-31,35-36,38,47-48H,24-25,27H2,1-13H3. The van der Waals surface area contributed by atoms with Crippen LogP contribution in [0.15, 0.2) is 60.7 Å². The second kappa shape index (κ2) is 16.0. The summed E-state index contributed by atoms with van der Waals surface area (Å²) in [4.78, 5) is 34.2. The van der Waals surface area contributed by atoms with Crippen LogP contribution in [0.4, 0.5) is 0 Å². The van der Waals surface area contributed by atoms with Crippen LogP contribution in [0.2, 0.25) is 40.3 Å². The monoisotopic (exact) mass is 840 g/mol. The number of hydrogen-bond acceptors (Lipinski definition) is 11. The summed E-state index contributed by atoms with van der Waals surface area (Å²) in [5, 5.41) is 39.3. The summed E-state index contributed by atoms with van der Waals surface area (Å²) in [6.45, 7) is 25.4. The van der Waals surface area contributed by atoms with Crippen LogP contribution < -0.4 is 0 Å². The van der Waals surface area contributed by atoms with Gasteiger partial charge in [-0.2, -0.15) is 5.26 Å². The van der Waals surface area contributed by atoms with Crippen LogP contribution in [-0.2, 0) is 38.4 Å². The molecule has 6 atom stereocenters. The summed E-state index contributed by atoms with van der Waals surface area (Å²) < 4.78 is 35.6. The fourth-order valence-electron chi connectivity index (χ4n) is 8.56. The Morgan fingerprint density at radius 3 is 1.84 bits per heavy atom. The molecule has 1 saturated carbocycles. The molecular weight excluding hydrogens is 777 g/mol. The third-order valence-electron chi connectivity index (χ3n) is 12.9. The SMILES string of the molecule is CC(C)[Si]1(C(C)C)OC2C(O[Si](C(C)C)(C(C)C)O1)C1(CC(=O)N1OCc1ccccc1)C(O)(C#N)C(O[Si](C)(C)C(C)(C)C)C2(O)COC(=O)c1ccccc1. The van der Waals surface area contributed by atoms with E-state index in [1.54, 1.807) is 30.3 Å². The van der Waals surface area contributed by atoms with Crippen molar-refractivity contribution in [2.24, 2.45) is 0 Å². The van der Waals surface area contributed by atoms with Gasteiger partial charge in [0, 0.05) is 0 Å². The number of fused-ring (bicyclic) bond motifs is 2. The van der Waals surface area contributed by atoms with Crippen molar-refractivity contribution in [1.82, 2.24) is 5.06 Å². The van der Waals surface area contributed by atoms with Crippen molar-refractivity contribution in [3.63, 3.8) is 0 Å². The fraction of sp³-hybridized carbons (Fsp3) is 0.643. The zero-order valence-corrected chi connectivity index (χ0v) is 39.0. The number of nitrogens with zero attached hydrogens (tertiary/aromatic N) is 2. The normalized spacial score (nSPS) is 30.0. The number of rotatable bonds is 12. The van der Waals surface area contributed by atoms with E-state index in [4.69, 9.17) is 27.0 Å². The van der Waals surface area contributed by atoms with Crippen LogP contribution >= 0.6 is 0 Å². The predicted molar refractivity (Wildman–Crippen MR) is 222 cm³/mol. The highest BCUT2D eigenvalue weighted by Crippen LogP contribution is 2.61. The molecule has 3 fully saturated rings. The average Bonchev–Trinajstić information content (AvgIpc) is 3.32. The van der Waals surface area contributed by atoms with E-state index in [-0.39, 0.29) is 40.8 Å². The Bertz CT molecular complexity index is 1780. The van der Waals surface area contributed by atoms with Crippen molar-refractivity contribution in [2.75, 3.05) is 6.61 Å². The van der Waals surface area contributed by atoms with Gasteiger partial charge in [0.25, 0.3) is 0 Å². The molecular formula is C42H64N2O10Si3. The first-order chi connectivity index (χ1) is 26.4. The van der Waals surface area contributed by atoms with Gasteiger partial charge >= 0.3 is 23.1 Å². The van der Waals surface area contributed by atoms with E-state index >= 15 is 0 Å². The van der Waals surface area contributed by atoms with Crippen LogP contribution in [-0.4, -0.2) is 94.3 Å². The lowest BCUT2D eigenvalue weighted by Crippen LogP contribution is -2.92. The van der Waals surface area contributed by atoms with Gasteiger partial charge in [0.05, 0.1) is 12.0 Å². The second-order valence-corrected chi connectivity index (χ2v) is 32.4. The number of benzene rings is 2. The average molecular weight is 841 g/mol.